The number of anilines is 3. The van der Waals surface area contributed by atoms with Crippen molar-refractivity contribution in [1.29, 1.82) is 0 Å². The number of fused-ring (bicyclic) bond motifs is 1. The van der Waals surface area contributed by atoms with Crippen molar-refractivity contribution < 1.29 is 37.4 Å². The van der Waals surface area contributed by atoms with Crippen molar-refractivity contribution in [1.82, 2.24) is 9.80 Å². The number of para-hydroxylation sites is 2. The third kappa shape index (κ3) is 9.69. The van der Waals surface area contributed by atoms with Gasteiger partial charge >= 0.3 is 6.18 Å². The van der Waals surface area contributed by atoms with Crippen LogP contribution in [0, 0.1) is 5.92 Å². The molecule has 13 heteroatoms. The predicted octanol–water partition coefficient (Wildman–Crippen LogP) is 5.15. The molecule has 3 aromatic carbocycles. The van der Waals surface area contributed by atoms with Crippen molar-refractivity contribution in [3.05, 3.63) is 83.4 Å². The van der Waals surface area contributed by atoms with Gasteiger partial charge in [-0.25, -0.2) is 0 Å². The van der Waals surface area contributed by atoms with Gasteiger partial charge in [0.15, 0.2) is 0 Å². The van der Waals surface area contributed by atoms with E-state index >= 15 is 0 Å². The lowest BCUT2D eigenvalue weighted by atomic mass is 9.99. The van der Waals surface area contributed by atoms with Crippen molar-refractivity contribution in [2.45, 2.75) is 51.6 Å². The smallest absolute Gasteiger partial charge is 0.389 e. The molecule has 4 rings (SSSR count). The monoisotopic (exact) mass is 655 g/mol. The van der Waals surface area contributed by atoms with E-state index in [0.29, 0.717) is 30.0 Å². The summed E-state index contributed by atoms with van der Waals surface area (Å²) >= 11 is 0. The number of hydrogen-bond acceptors (Lipinski definition) is 7. The molecule has 0 aromatic heterocycles. The quantitative estimate of drug-likeness (QED) is 0.210. The lowest BCUT2D eigenvalue weighted by molar-refractivity contribution is -0.142. The summed E-state index contributed by atoms with van der Waals surface area (Å²) in [6, 6.07) is 18.1. The Hall–Kier alpha value is -4.62. The van der Waals surface area contributed by atoms with E-state index in [9.17, 15) is 32.7 Å². The topological polar surface area (TPSA) is 137 Å². The number of benzene rings is 3. The van der Waals surface area contributed by atoms with Crippen molar-refractivity contribution in [2.24, 2.45) is 5.92 Å². The summed E-state index contributed by atoms with van der Waals surface area (Å²) in [4.78, 5) is 42.1. The van der Waals surface area contributed by atoms with Gasteiger partial charge in [0.2, 0.25) is 5.91 Å². The minimum Gasteiger partial charge on any atom is -0.488 e. The lowest BCUT2D eigenvalue weighted by Crippen LogP contribution is -2.49. The Morgan fingerprint density at radius 1 is 1.11 bits per heavy atom. The van der Waals surface area contributed by atoms with Crippen molar-refractivity contribution in [3.8, 4) is 5.75 Å². The first kappa shape index (κ1) is 35.2. The molecule has 1 heterocycles. The maximum Gasteiger partial charge on any atom is 0.389 e. The van der Waals surface area contributed by atoms with Gasteiger partial charge in [0, 0.05) is 43.2 Å². The summed E-state index contributed by atoms with van der Waals surface area (Å²) < 4.78 is 44.1. The highest BCUT2D eigenvalue weighted by molar-refractivity contribution is 6.05. The van der Waals surface area contributed by atoms with Crippen LogP contribution in [0.3, 0.4) is 0 Å². The summed E-state index contributed by atoms with van der Waals surface area (Å²) in [6.45, 7) is 4.66. The summed E-state index contributed by atoms with van der Waals surface area (Å²) in [5.74, 6) is -1.42. The van der Waals surface area contributed by atoms with Crippen LogP contribution in [-0.4, -0.2) is 77.7 Å². The fourth-order valence-corrected chi connectivity index (χ4v) is 5.25. The third-order valence-corrected chi connectivity index (χ3v) is 7.95. The molecule has 0 bridgehead atoms. The number of nitrogens with zero attached hydrogens (tertiary/aromatic N) is 2. The summed E-state index contributed by atoms with van der Waals surface area (Å²) in [6.07, 6.45) is -6.87. The number of likely N-dealkylation sites (N-methyl/N-ethyl adjacent to an activating group) is 1. The van der Waals surface area contributed by atoms with Crippen LogP contribution in [0.1, 0.15) is 53.0 Å². The molecule has 1 aliphatic heterocycles. The number of ether oxygens (including phenoxy) is 1. The molecule has 0 unspecified atom stereocenters. The molecule has 1 aliphatic rings. The van der Waals surface area contributed by atoms with E-state index in [4.69, 9.17) is 10.5 Å². The van der Waals surface area contributed by atoms with Crippen molar-refractivity contribution >= 4 is 34.8 Å². The highest BCUT2D eigenvalue weighted by atomic mass is 19.4. The van der Waals surface area contributed by atoms with Crippen LogP contribution in [-0.2, 0) is 11.3 Å². The van der Waals surface area contributed by atoms with Gasteiger partial charge in [0.1, 0.15) is 11.9 Å². The molecule has 0 spiro atoms. The highest BCUT2D eigenvalue weighted by Crippen LogP contribution is 2.31. The second kappa shape index (κ2) is 15.3. The van der Waals surface area contributed by atoms with Crippen LogP contribution in [0.2, 0.25) is 0 Å². The van der Waals surface area contributed by atoms with Gasteiger partial charge in [-0.05, 0) is 62.0 Å². The van der Waals surface area contributed by atoms with Crippen LogP contribution in [0.25, 0.3) is 0 Å². The van der Waals surface area contributed by atoms with Crippen molar-refractivity contribution in [2.75, 3.05) is 43.1 Å². The minimum absolute atomic E-state index is 0.129. The number of amides is 3. The van der Waals surface area contributed by atoms with Gasteiger partial charge in [0.05, 0.1) is 36.0 Å². The van der Waals surface area contributed by atoms with Crippen LogP contribution in [0.4, 0.5) is 30.2 Å². The second-order valence-electron chi connectivity index (χ2n) is 11.9. The van der Waals surface area contributed by atoms with Crippen LogP contribution >= 0.6 is 0 Å². The molecule has 3 aromatic rings. The standard InChI is InChI=1S/C34H40F3N5O5/c1-21-17-42(22(2)20-43)33(46)26-16-25(39-31(44)14-15-34(35,36)37)12-13-29(26)47-30(21)19-41(3)18-23-8-10-24(11-9-23)32(45)40-28-7-5-4-6-27(28)38/h4-13,16,21-22,30,43H,14-15,17-20,38H2,1-3H3,(H,39,44)(H,40,45)/t21-,22-,30+/m0/s1. The van der Waals surface area contributed by atoms with Gasteiger partial charge in [-0.1, -0.05) is 31.2 Å². The zero-order valence-electron chi connectivity index (χ0n) is 26.5. The Kier molecular flexibility index (Phi) is 11.5. The third-order valence-electron chi connectivity index (χ3n) is 7.95. The van der Waals surface area contributed by atoms with Crippen LogP contribution < -0.4 is 21.1 Å². The first-order chi connectivity index (χ1) is 22.2. The Labute approximate surface area is 271 Å². The maximum atomic E-state index is 13.6. The number of rotatable bonds is 11. The van der Waals surface area contributed by atoms with E-state index in [2.05, 4.69) is 15.5 Å². The largest absolute Gasteiger partial charge is 0.488 e. The Morgan fingerprint density at radius 2 is 1.81 bits per heavy atom. The van der Waals surface area contributed by atoms with Gasteiger partial charge in [-0.3, -0.25) is 19.3 Å². The van der Waals surface area contributed by atoms with Gasteiger partial charge in [0.25, 0.3) is 11.8 Å². The van der Waals surface area contributed by atoms with Crippen molar-refractivity contribution in [3.63, 3.8) is 0 Å². The molecule has 3 atom stereocenters. The van der Waals surface area contributed by atoms with Gasteiger partial charge in [-0.15, -0.1) is 0 Å². The molecule has 10 nitrogen and oxygen atoms in total. The van der Waals surface area contributed by atoms with Crippen LogP contribution in [0.15, 0.2) is 66.7 Å². The van der Waals surface area contributed by atoms with Crippen LogP contribution in [0.5, 0.6) is 5.75 Å². The molecule has 0 fully saturated rings. The zero-order valence-corrected chi connectivity index (χ0v) is 26.5. The second-order valence-corrected chi connectivity index (χ2v) is 11.9. The molecule has 3 amide bonds. The number of alkyl halides is 3. The normalized spacial score (nSPS) is 17.3. The number of nitrogens with one attached hydrogen (secondary N) is 2. The predicted molar refractivity (Wildman–Crippen MR) is 173 cm³/mol. The number of aliphatic hydroxyl groups excluding tert-OH is 1. The highest BCUT2D eigenvalue weighted by Gasteiger charge is 2.34. The summed E-state index contributed by atoms with van der Waals surface area (Å²) in [5, 5.41) is 15.1. The number of nitrogen functional groups attached to an aromatic ring is 1. The molecule has 0 radical (unpaired) electrons. The number of aliphatic hydroxyl groups is 1. The molecule has 0 saturated carbocycles. The number of carbonyl (C=O) groups excluding carboxylic acids is 3. The molecule has 252 valence electrons. The molecule has 0 aliphatic carbocycles. The molecular weight excluding hydrogens is 615 g/mol. The average Bonchev–Trinajstić information content (AvgIpc) is 3.02. The first-order valence-electron chi connectivity index (χ1n) is 15.3. The summed E-state index contributed by atoms with van der Waals surface area (Å²) in [7, 11) is 1.92. The molecular formula is C34H40F3N5O5. The lowest BCUT2D eigenvalue weighted by Gasteiger charge is -2.38. The fraction of sp³-hybridized carbons (Fsp3) is 0.382. The Bertz CT molecular complexity index is 1570. The van der Waals surface area contributed by atoms with Gasteiger partial charge < -0.3 is 31.1 Å². The van der Waals surface area contributed by atoms with E-state index in [1.807, 2.05) is 26.1 Å². The number of nitrogens with two attached hydrogens (primary N) is 1. The van der Waals surface area contributed by atoms with Gasteiger partial charge in [-0.2, -0.15) is 13.2 Å². The Balaban J connectivity index is 1.47. The molecule has 5 N–H and O–H groups in total. The Morgan fingerprint density at radius 3 is 2.47 bits per heavy atom. The zero-order chi connectivity index (χ0) is 34.3. The fourth-order valence-electron chi connectivity index (χ4n) is 5.25. The van der Waals surface area contributed by atoms with E-state index < -0.39 is 43.0 Å². The minimum atomic E-state index is -4.47. The van der Waals surface area contributed by atoms with E-state index in [0.717, 1.165) is 5.56 Å². The average molecular weight is 656 g/mol. The molecule has 0 saturated heterocycles. The van der Waals surface area contributed by atoms with E-state index in [-0.39, 0.29) is 42.0 Å². The maximum absolute atomic E-state index is 13.6. The SMILES string of the molecule is C[C@H]1CN([C@@H](C)CO)C(=O)c2cc(NC(=O)CCC(F)(F)F)ccc2O[C@@H]1CN(C)Cc1ccc(C(=O)Nc2ccccc2N)cc1. The molecule has 47 heavy (non-hydrogen) atoms. The van der Waals surface area contributed by atoms with E-state index in [1.165, 1.54) is 18.2 Å². The van der Waals surface area contributed by atoms with E-state index in [1.54, 1.807) is 48.2 Å². The number of hydrogen-bond donors (Lipinski definition) is 4. The number of halogens is 3. The summed E-state index contributed by atoms with van der Waals surface area (Å²) in [5.41, 5.74) is 8.66. The first-order valence-corrected chi connectivity index (χ1v) is 15.3. The number of carbonyl (C=O) groups is 3.